The molecule has 0 amide bonds. The van der Waals surface area contributed by atoms with E-state index in [2.05, 4.69) is 44.1 Å². The zero-order valence-corrected chi connectivity index (χ0v) is 15.4. The van der Waals surface area contributed by atoms with Crippen LogP contribution in [0.1, 0.15) is 0 Å². The van der Waals surface area contributed by atoms with Crippen LogP contribution < -0.4 is 9.70 Å². The second kappa shape index (κ2) is 7.43. The smallest absolute Gasteiger partial charge is 0.190 e. The third-order valence-corrected chi connectivity index (χ3v) is 5.43. The molecule has 0 saturated carbocycles. The molecule has 1 aromatic heterocycles. The first-order valence-corrected chi connectivity index (χ1v) is 9.46. The molecule has 0 unspecified atom stereocenters. The number of morpholine rings is 1. The van der Waals surface area contributed by atoms with Crippen molar-refractivity contribution in [2.45, 2.75) is 0 Å². The van der Waals surface area contributed by atoms with Crippen molar-refractivity contribution in [3.05, 3.63) is 64.5 Å². The number of aromatic nitrogens is 1. The molecule has 0 atom stereocenters. The zero-order valence-electron chi connectivity index (χ0n) is 14.6. The highest BCUT2D eigenvalue weighted by Gasteiger charge is 2.12. The van der Waals surface area contributed by atoms with Gasteiger partial charge in [-0.1, -0.05) is 12.1 Å². The molecule has 1 aliphatic rings. The maximum absolute atomic E-state index is 13.0. The summed E-state index contributed by atoms with van der Waals surface area (Å²) in [6.45, 7) is 3.45. The van der Waals surface area contributed by atoms with E-state index in [1.165, 1.54) is 17.8 Å². The summed E-state index contributed by atoms with van der Waals surface area (Å²) in [7, 11) is 2.00. The van der Waals surface area contributed by atoms with Crippen LogP contribution in [0.5, 0.6) is 0 Å². The number of halogens is 1. The summed E-state index contributed by atoms with van der Waals surface area (Å²) in [6, 6.07) is 14.8. The van der Waals surface area contributed by atoms with Gasteiger partial charge in [0.15, 0.2) is 4.80 Å². The van der Waals surface area contributed by atoms with Gasteiger partial charge in [-0.05, 0) is 42.0 Å². The van der Waals surface area contributed by atoms with Gasteiger partial charge < -0.3 is 14.2 Å². The monoisotopic (exact) mass is 369 g/mol. The maximum Gasteiger partial charge on any atom is 0.190 e. The summed E-state index contributed by atoms with van der Waals surface area (Å²) in [6.07, 6.45) is 0. The highest BCUT2D eigenvalue weighted by Crippen LogP contribution is 2.24. The van der Waals surface area contributed by atoms with Crippen LogP contribution in [-0.2, 0) is 11.8 Å². The molecule has 0 N–H and O–H groups in total. The molecular weight excluding hydrogens is 349 g/mol. The number of ether oxygens (including phenoxy) is 1. The molecule has 4 rings (SSSR count). The van der Waals surface area contributed by atoms with Crippen molar-refractivity contribution in [3.63, 3.8) is 0 Å². The minimum absolute atomic E-state index is 0.249. The molecule has 2 aromatic carbocycles. The number of hydrogen-bond acceptors (Lipinski definition) is 4. The SMILES string of the molecule is Cn1c(-c2ccc(N3CCOCC3)cc2)csc1=Nc1ccc(F)cc1. The lowest BCUT2D eigenvalue weighted by Crippen LogP contribution is -2.36. The van der Waals surface area contributed by atoms with E-state index in [0.717, 1.165) is 48.0 Å². The third kappa shape index (κ3) is 3.57. The number of nitrogens with zero attached hydrogens (tertiary/aromatic N) is 3. The average Bonchev–Trinajstić information content (AvgIpc) is 3.05. The molecule has 1 aliphatic heterocycles. The topological polar surface area (TPSA) is 29.8 Å². The van der Waals surface area contributed by atoms with E-state index < -0.39 is 0 Å². The fourth-order valence-electron chi connectivity index (χ4n) is 3.02. The van der Waals surface area contributed by atoms with Crippen molar-refractivity contribution >= 4 is 22.7 Å². The summed E-state index contributed by atoms with van der Waals surface area (Å²) in [4.78, 5) is 7.83. The minimum atomic E-state index is -0.249. The van der Waals surface area contributed by atoms with Crippen LogP contribution in [0, 0.1) is 5.82 Å². The molecular formula is C20H20FN3OS. The van der Waals surface area contributed by atoms with E-state index in [4.69, 9.17) is 4.74 Å². The number of rotatable bonds is 3. The predicted molar refractivity (Wildman–Crippen MR) is 103 cm³/mol. The van der Waals surface area contributed by atoms with E-state index >= 15 is 0 Å². The van der Waals surface area contributed by atoms with Crippen molar-refractivity contribution in [2.24, 2.45) is 12.0 Å². The molecule has 6 heteroatoms. The standard InChI is InChI=1S/C20H20FN3OS/c1-23-19(14-26-20(23)22-17-6-4-16(21)5-7-17)15-2-8-18(9-3-15)24-10-12-25-13-11-24/h2-9,14H,10-13H2,1H3. The summed E-state index contributed by atoms with van der Waals surface area (Å²) in [5.41, 5.74) is 4.25. The molecule has 0 aliphatic carbocycles. The highest BCUT2D eigenvalue weighted by molar-refractivity contribution is 7.07. The first-order valence-electron chi connectivity index (χ1n) is 8.59. The lowest BCUT2D eigenvalue weighted by molar-refractivity contribution is 0.122. The van der Waals surface area contributed by atoms with E-state index in [1.807, 2.05) is 7.05 Å². The van der Waals surface area contributed by atoms with Gasteiger partial charge in [0, 0.05) is 31.2 Å². The summed E-state index contributed by atoms with van der Waals surface area (Å²) >= 11 is 1.58. The lowest BCUT2D eigenvalue weighted by Gasteiger charge is -2.28. The lowest BCUT2D eigenvalue weighted by atomic mass is 10.1. The molecule has 134 valence electrons. The maximum atomic E-state index is 13.0. The third-order valence-electron chi connectivity index (χ3n) is 4.51. The van der Waals surface area contributed by atoms with Crippen molar-refractivity contribution in [2.75, 3.05) is 31.2 Å². The Bertz CT molecular complexity index is 938. The first-order chi connectivity index (χ1) is 12.7. The van der Waals surface area contributed by atoms with Crippen molar-refractivity contribution in [1.82, 2.24) is 4.57 Å². The van der Waals surface area contributed by atoms with Crippen LogP contribution >= 0.6 is 11.3 Å². The van der Waals surface area contributed by atoms with Gasteiger partial charge in [-0.25, -0.2) is 9.38 Å². The van der Waals surface area contributed by atoms with Crippen LogP contribution in [0.3, 0.4) is 0 Å². The largest absolute Gasteiger partial charge is 0.378 e. The van der Waals surface area contributed by atoms with Gasteiger partial charge in [-0.15, -0.1) is 11.3 Å². The Hall–Kier alpha value is -2.44. The predicted octanol–water partition coefficient (Wildman–Crippen LogP) is 3.96. The normalized spacial score (nSPS) is 15.5. The van der Waals surface area contributed by atoms with E-state index in [1.54, 1.807) is 23.5 Å². The molecule has 2 heterocycles. The molecule has 3 aromatic rings. The van der Waals surface area contributed by atoms with E-state index in [-0.39, 0.29) is 5.82 Å². The van der Waals surface area contributed by atoms with Gasteiger partial charge >= 0.3 is 0 Å². The number of benzene rings is 2. The Labute approximate surface area is 155 Å². The van der Waals surface area contributed by atoms with Crippen molar-refractivity contribution in [3.8, 4) is 11.3 Å². The van der Waals surface area contributed by atoms with Crippen LogP contribution in [0.25, 0.3) is 11.3 Å². The Morgan fingerprint density at radius 2 is 1.69 bits per heavy atom. The Morgan fingerprint density at radius 3 is 2.38 bits per heavy atom. The molecule has 4 nitrogen and oxygen atoms in total. The number of hydrogen-bond donors (Lipinski definition) is 0. The molecule has 0 bridgehead atoms. The number of anilines is 1. The summed E-state index contributed by atoms with van der Waals surface area (Å²) < 4.78 is 20.5. The quantitative estimate of drug-likeness (QED) is 0.699. The van der Waals surface area contributed by atoms with Crippen molar-refractivity contribution < 1.29 is 9.13 Å². The summed E-state index contributed by atoms with van der Waals surface area (Å²) in [5.74, 6) is -0.249. The fourth-order valence-corrected chi connectivity index (χ4v) is 3.95. The Morgan fingerprint density at radius 1 is 1.00 bits per heavy atom. The average molecular weight is 369 g/mol. The Balaban J connectivity index is 1.60. The van der Waals surface area contributed by atoms with Gasteiger partial charge in [0.2, 0.25) is 0 Å². The van der Waals surface area contributed by atoms with Crippen molar-refractivity contribution in [1.29, 1.82) is 0 Å². The minimum Gasteiger partial charge on any atom is -0.378 e. The van der Waals surface area contributed by atoms with Gasteiger partial charge in [-0.2, -0.15) is 0 Å². The van der Waals surface area contributed by atoms with Gasteiger partial charge in [0.1, 0.15) is 5.82 Å². The Kier molecular flexibility index (Phi) is 4.86. The van der Waals surface area contributed by atoms with E-state index in [9.17, 15) is 4.39 Å². The molecule has 0 spiro atoms. The van der Waals surface area contributed by atoms with Gasteiger partial charge in [0.25, 0.3) is 0 Å². The summed E-state index contributed by atoms with van der Waals surface area (Å²) in [5, 5.41) is 2.10. The molecule has 1 fully saturated rings. The van der Waals surface area contributed by atoms with Gasteiger partial charge in [-0.3, -0.25) is 0 Å². The zero-order chi connectivity index (χ0) is 17.9. The molecule has 0 radical (unpaired) electrons. The van der Waals surface area contributed by atoms with Crippen LogP contribution in [0.4, 0.5) is 15.8 Å². The number of thiazole rings is 1. The van der Waals surface area contributed by atoms with Crippen LogP contribution in [0.15, 0.2) is 58.9 Å². The van der Waals surface area contributed by atoms with Crippen LogP contribution in [-0.4, -0.2) is 30.9 Å². The van der Waals surface area contributed by atoms with E-state index in [0.29, 0.717) is 0 Å². The first kappa shape index (κ1) is 17.0. The molecule has 26 heavy (non-hydrogen) atoms. The van der Waals surface area contributed by atoms with Crippen LogP contribution in [0.2, 0.25) is 0 Å². The molecule has 1 saturated heterocycles. The van der Waals surface area contributed by atoms with Gasteiger partial charge in [0.05, 0.1) is 24.6 Å². The second-order valence-electron chi connectivity index (χ2n) is 6.20. The fraction of sp³-hybridized carbons (Fsp3) is 0.250. The highest BCUT2D eigenvalue weighted by atomic mass is 32.1. The second-order valence-corrected chi connectivity index (χ2v) is 7.03.